The van der Waals surface area contributed by atoms with E-state index in [1.807, 2.05) is 24.3 Å². The van der Waals surface area contributed by atoms with Crippen LogP contribution in [0.25, 0.3) is 0 Å². The molecule has 0 saturated carbocycles. The fraction of sp³-hybridized carbons (Fsp3) is 0.500. The lowest BCUT2D eigenvalue weighted by molar-refractivity contribution is -0.121. The largest absolute Gasteiger partial charge is 0.353 e. The highest BCUT2D eigenvalue weighted by atomic mass is 79.9. The Balaban J connectivity index is 1.82. The molecule has 18 heavy (non-hydrogen) atoms. The molecule has 1 aromatic rings. The van der Waals surface area contributed by atoms with Gasteiger partial charge in [0.05, 0.1) is 6.42 Å². The molecule has 3 nitrogen and oxygen atoms in total. The Kier molecular flexibility index (Phi) is 5.20. The number of hydrogen-bond donors (Lipinski definition) is 2. The van der Waals surface area contributed by atoms with Crippen LogP contribution in [0, 0.1) is 0 Å². The summed E-state index contributed by atoms with van der Waals surface area (Å²) in [7, 11) is 0. The molecule has 98 valence electrons. The Morgan fingerprint density at radius 3 is 2.83 bits per heavy atom. The molecule has 0 aromatic heterocycles. The van der Waals surface area contributed by atoms with E-state index in [-0.39, 0.29) is 5.91 Å². The van der Waals surface area contributed by atoms with Crippen molar-refractivity contribution in [2.45, 2.75) is 31.7 Å². The highest BCUT2D eigenvalue weighted by Gasteiger charge is 2.14. The third kappa shape index (κ3) is 4.42. The van der Waals surface area contributed by atoms with Crippen molar-refractivity contribution < 1.29 is 4.79 Å². The molecule has 2 N–H and O–H groups in total. The van der Waals surface area contributed by atoms with Gasteiger partial charge in [0.15, 0.2) is 0 Å². The average molecular weight is 311 g/mol. The van der Waals surface area contributed by atoms with Gasteiger partial charge in [-0.2, -0.15) is 0 Å². The van der Waals surface area contributed by atoms with Crippen LogP contribution in [0.4, 0.5) is 0 Å². The molecule has 1 unspecified atom stereocenters. The summed E-state index contributed by atoms with van der Waals surface area (Å²) in [5, 5.41) is 6.48. The molecule has 1 atom stereocenters. The van der Waals surface area contributed by atoms with Crippen molar-refractivity contribution in [3.63, 3.8) is 0 Å². The smallest absolute Gasteiger partial charge is 0.224 e. The minimum Gasteiger partial charge on any atom is -0.353 e. The van der Waals surface area contributed by atoms with Crippen LogP contribution in [0.15, 0.2) is 28.7 Å². The number of hydrogen-bond acceptors (Lipinski definition) is 2. The molecule has 1 saturated heterocycles. The van der Waals surface area contributed by atoms with Crippen LogP contribution in [0.2, 0.25) is 0 Å². The number of carbonyl (C=O) groups is 1. The minimum absolute atomic E-state index is 0.129. The predicted octanol–water partition coefficient (Wildman–Crippen LogP) is 2.25. The summed E-state index contributed by atoms with van der Waals surface area (Å²) < 4.78 is 1.04. The lowest BCUT2D eigenvalue weighted by atomic mass is 10.1. The summed E-state index contributed by atoms with van der Waals surface area (Å²) in [5.41, 5.74) is 1.06. The zero-order valence-corrected chi connectivity index (χ0v) is 12.0. The van der Waals surface area contributed by atoms with Gasteiger partial charge in [-0.3, -0.25) is 4.79 Å². The molecule has 1 fully saturated rings. The normalized spacial score (nSPS) is 20.2. The summed E-state index contributed by atoms with van der Waals surface area (Å²) in [5.74, 6) is 0.129. The first-order valence-electron chi connectivity index (χ1n) is 6.48. The van der Waals surface area contributed by atoms with Crippen LogP contribution in [0.5, 0.6) is 0 Å². The van der Waals surface area contributed by atoms with E-state index >= 15 is 0 Å². The number of nitrogens with one attached hydrogen (secondary N) is 2. The Morgan fingerprint density at radius 1 is 1.28 bits per heavy atom. The van der Waals surface area contributed by atoms with E-state index in [2.05, 4.69) is 26.6 Å². The Morgan fingerprint density at radius 2 is 2.06 bits per heavy atom. The maximum atomic E-state index is 11.9. The lowest BCUT2D eigenvalue weighted by Gasteiger charge is -2.15. The second-order valence-corrected chi connectivity index (χ2v) is 5.66. The first-order chi connectivity index (χ1) is 8.74. The topological polar surface area (TPSA) is 41.1 Å². The van der Waals surface area contributed by atoms with Crippen LogP contribution in [0.3, 0.4) is 0 Å². The van der Waals surface area contributed by atoms with Gasteiger partial charge in [0.2, 0.25) is 5.91 Å². The summed E-state index contributed by atoms with van der Waals surface area (Å²) >= 11 is 3.39. The van der Waals surface area contributed by atoms with E-state index in [0.717, 1.165) is 42.4 Å². The number of carbonyl (C=O) groups excluding carboxylic acids is 1. The van der Waals surface area contributed by atoms with Gasteiger partial charge in [-0.05, 0) is 50.0 Å². The van der Waals surface area contributed by atoms with Gasteiger partial charge in [0, 0.05) is 10.5 Å². The maximum absolute atomic E-state index is 11.9. The van der Waals surface area contributed by atoms with Gasteiger partial charge < -0.3 is 10.6 Å². The Bertz CT molecular complexity index is 383. The van der Waals surface area contributed by atoms with Crippen molar-refractivity contribution in [2.75, 3.05) is 13.1 Å². The molecular weight excluding hydrogens is 292 g/mol. The molecule has 1 amide bonds. The fourth-order valence-electron chi connectivity index (χ4n) is 2.23. The molecule has 0 spiro atoms. The monoisotopic (exact) mass is 310 g/mol. The van der Waals surface area contributed by atoms with E-state index in [9.17, 15) is 4.79 Å². The highest BCUT2D eigenvalue weighted by Crippen LogP contribution is 2.11. The summed E-state index contributed by atoms with van der Waals surface area (Å²) in [4.78, 5) is 11.9. The van der Waals surface area contributed by atoms with Crippen LogP contribution in [0.1, 0.15) is 24.8 Å². The summed E-state index contributed by atoms with van der Waals surface area (Å²) in [6.45, 7) is 2.07. The van der Waals surface area contributed by atoms with Crippen molar-refractivity contribution in [3.05, 3.63) is 34.3 Å². The van der Waals surface area contributed by atoms with E-state index < -0.39 is 0 Å². The first kappa shape index (κ1) is 13.6. The quantitative estimate of drug-likeness (QED) is 0.899. The molecule has 0 bridgehead atoms. The van der Waals surface area contributed by atoms with Crippen LogP contribution >= 0.6 is 15.9 Å². The zero-order valence-electron chi connectivity index (χ0n) is 10.4. The average Bonchev–Trinajstić information content (AvgIpc) is 2.61. The Labute approximate surface area is 116 Å². The van der Waals surface area contributed by atoms with E-state index in [4.69, 9.17) is 0 Å². The van der Waals surface area contributed by atoms with Crippen LogP contribution < -0.4 is 10.6 Å². The molecule has 0 aliphatic carbocycles. The summed E-state index contributed by atoms with van der Waals surface area (Å²) in [6.07, 6.45) is 3.73. The van der Waals surface area contributed by atoms with E-state index in [1.165, 1.54) is 0 Å². The first-order valence-corrected chi connectivity index (χ1v) is 7.28. The van der Waals surface area contributed by atoms with Crippen molar-refractivity contribution in [2.24, 2.45) is 0 Å². The SMILES string of the molecule is O=C(Cc1ccc(Br)cc1)NC1CCCNCC1. The second kappa shape index (κ2) is 6.90. The third-order valence-electron chi connectivity index (χ3n) is 3.22. The second-order valence-electron chi connectivity index (χ2n) is 4.75. The fourth-order valence-corrected chi connectivity index (χ4v) is 2.49. The van der Waals surface area contributed by atoms with Gasteiger partial charge in [-0.25, -0.2) is 0 Å². The van der Waals surface area contributed by atoms with Crippen molar-refractivity contribution >= 4 is 21.8 Å². The molecule has 0 radical (unpaired) electrons. The molecule has 1 aliphatic rings. The molecule has 1 heterocycles. The van der Waals surface area contributed by atoms with Gasteiger partial charge in [0.25, 0.3) is 0 Å². The van der Waals surface area contributed by atoms with Gasteiger partial charge >= 0.3 is 0 Å². The third-order valence-corrected chi connectivity index (χ3v) is 3.75. The lowest BCUT2D eigenvalue weighted by Crippen LogP contribution is -2.36. The van der Waals surface area contributed by atoms with E-state index in [0.29, 0.717) is 12.5 Å². The molecule has 1 aromatic carbocycles. The van der Waals surface area contributed by atoms with Gasteiger partial charge in [-0.1, -0.05) is 28.1 Å². The van der Waals surface area contributed by atoms with Crippen molar-refractivity contribution in [3.8, 4) is 0 Å². The Hall–Kier alpha value is -0.870. The number of benzene rings is 1. The molecule has 1 aliphatic heterocycles. The van der Waals surface area contributed by atoms with Crippen LogP contribution in [-0.2, 0) is 11.2 Å². The predicted molar refractivity (Wildman–Crippen MR) is 76.5 cm³/mol. The standard InChI is InChI=1S/C14H19BrN2O/c15-12-5-3-11(4-6-12)10-14(18)17-13-2-1-8-16-9-7-13/h3-6,13,16H,1-2,7-10H2,(H,17,18). The number of amides is 1. The minimum atomic E-state index is 0.129. The molecule has 4 heteroatoms. The zero-order chi connectivity index (χ0) is 12.8. The van der Waals surface area contributed by atoms with E-state index in [1.54, 1.807) is 0 Å². The van der Waals surface area contributed by atoms with Gasteiger partial charge in [-0.15, -0.1) is 0 Å². The number of rotatable bonds is 3. The summed E-state index contributed by atoms with van der Waals surface area (Å²) in [6, 6.07) is 8.25. The molecule has 2 rings (SSSR count). The maximum Gasteiger partial charge on any atom is 0.224 e. The van der Waals surface area contributed by atoms with Crippen molar-refractivity contribution in [1.29, 1.82) is 0 Å². The van der Waals surface area contributed by atoms with Crippen molar-refractivity contribution in [1.82, 2.24) is 10.6 Å². The number of halogens is 1. The highest BCUT2D eigenvalue weighted by molar-refractivity contribution is 9.10. The van der Waals surface area contributed by atoms with Gasteiger partial charge in [0.1, 0.15) is 0 Å². The van der Waals surface area contributed by atoms with Crippen LogP contribution in [-0.4, -0.2) is 25.0 Å². The molecular formula is C14H19BrN2O.